The highest BCUT2D eigenvalue weighted by atomic mass is 35.5. The third kappa shape index (κ3) is 5.51. The van der Waals surface area contributed by atoms with Crippen molar-refractivity contribution in [2.24, 2.45) is 0 Å². The van der Waals surface area contributed by atoms with E-state index in [2.05, 4.69) is 0 Å². The number of nitro benzene ring substituents is 1. The lowest BCUT2D eigenvalue weighted by atomic mass is 10.1. The number of benzene rings is 2. The number of carbonyl (C=O) groups is 1. The van der Waals surface area contributed by atoms with E-state index in [0.717, 1.165) is 20.9 Å². The molecule has 0 saturated heterocycles. The first-order valence-electron chi connectivity index (χ1n) is 9.31. The standard InChI is InChI=1S/C23H20ClNO5S/c1-14-10-19(15(2)31-14)21(26)7-4-16-5-8-22(29-3)17(11-16)13-30-23-9-6-18(25(27)28)12-20(23)24/h4-12H,13H2,1-3H3/b7-4+. The molecule has 0 spiro atoms. The van der Waals surface area contributed by atoms with Gasteiger partial charge in [0.05, 0.1) is 17.1 Å². The number of non-ortho nitro benzene ring substituents is 1. The number of thiophene rings is 1. The van der Waals surface area contributed by atoms with E-state index >= 15 is 0 Å². The summed E-state index contributed by atoms with van der Waals surface area (Å²) in [7, 11) is 1.55. The molecule has 8 heteroatoms. The molecule has 0 aliphatic rings. The maximum absolute atomic E-state index is 12.5. The zero-order valence-electron chi connectivity index (χ0n) is 17.2. The van der Waals surface area contributed by atoms with Crippen molar-refractivity contribution < 1.29 is 19.2 Å². The monoisotopic (exact) mass is 457 g/mol. The van der Waals surface area contributed by atoms with Crippen molar-refractivity contribution in [2.75, 3.05) is 7.11 Å². The predicted molar refractivity (Wildman–Crippen MR) is 123 cm³/mol. The Morgan fingerprint density at radius 3 is 2.52 bits per heavy atom. The van der Waals surface area contributed by atoms with E-state index in [-0.39, 0.29) is 23.1 Å². The summed E-state index contributed by atoms with van der Waals surface area (Å²) in [6.07, 6.45) is 3.30. The first-order valence-corrected chi connectivity index (χ1v) is 10.5. The van der Waals surface area contributed by atoms with Crippen LogP contribution in [0.25, 0.3) is 6.08 Å². The van der Waals surface area contributed by atoms with Crippen LogP contribution in [0.2, 0.25) is 5.02 Å². The van der Waals surface area contributed by atoms with Crippen LogP contribution in [0.15, 0.2) is 48.5 Å². The van der Waals surface area contributed by atoms with E-state index in [4.69, 9.17) is 21.1 Å². The summed E-state index contributed by atoms with van der Waals surface area (Å²) >= 11 is 7.69. The highest BCUT2D eigenvalue weighted by molar-refractivity contribution is 7.12. The maximum atomic E-state index is 12.5. The molecule has 0 bridgehead atoms. The van der Waals surface area contributed by atoms with E-state index in [1.165, 1.54) is 18.2 Å². The minimum atomic E-state index is -0.519. The highest BCUT2D eigenvalue weighted by Gasteiger charge is 2.12. The van der Waals surface area contributed by atoms with E-state index in [1.54, 1.807) is 36.7 Å². The number of nitro groups is 1. The largest absolute Gasteiger partial charge is 0.496 e. The average molecular weight is 458 g/mol. The van der Waals surface area contributed by atoms with Crippen molar-refractivity contribution in [1.29, 1.82) is 0 Å². The molecule has 0 atom stereocenters. The number of nitrogens with zero attached hydrogens (tertiary/aromatic N) is 1. The van der Waals surface area contributed by atoms with E-state index in [9.17, 15) is 14.9 Å². The van der Waals surface area contributed by atoms with Gasteiger partial charge in [-0.15, -0.1) is 11.3 Å². The molecule has 2 aromatic carbocycles. The summed E-state index contributed by atoms with van der Waals surface area (Å²) in [4.78, 5) is 24.9. The number of rotatable bonds is 8. The van der Waals surface area contributed by atoms with Crippen LogP contribution < -0.4 is 9.47 Å². The van der Waals surface area contributed by atoms with Gasteiger partial charge in [0.2, 0.25) is 0 Å². The number of ketones is 1. The predicted octanol–water partition coefficient (Wildman–Crippen LogP) is 6.41. The summed E-state index contributed by atoms with van der Waals surface area (Å²) in [6.45, 7) is 4.05. The molecule has 1 heterocycles. The fraction of sp³-hybridized carbons (Fsp3) is 0.174. The van der Waals surface area contributed by atoms with Gasteiger partial charge in [0.15, 0.2) is 5.78 Å². The lowest BCUT2D eigenvalue weighted by molar-refractivity contribution is -0.384. The molecule has 0 radical (unpaired) electrons. The number of aryl methyl sites for hydroxylation is 2. The molecule has 0 N–H and O–H groups in total. The Morgan fingerprint density at radius 2 is 1.90 bits per heavy atom. The third-order valence-electron chi connectivity index (χ3n) is 4.55. The summed E-state index contributed by atoms with van der Waals surface area (Å²) in [5.74, 6) is 0.896. The van der Waals surface area contributed by atoms with Crippen LogP contribution >= 0.6 is 22.9 Å². The zero-order chi connectivity index (χ0) is 22.5. The molecular weight excluding hydrogens is 438 g/mol. The topological polar surface area (TPSA) is 78.7 Å². The number of halogens is 1. The Labute approximate surface area is 188 Å². The number of carbonyl (C=O) groups excluding carboxylic acids is 1. The van der Waals surface area contributed by atoms with Crippen molar-refractivity contribution >= 4 is 40.5 Å². The van der Waals surface area contributed by atoms with Gasteiger partial charge in [-0.3, -0.25) is 14.9 Å². The molecule has 1 aromatic heterocycles. The summed E-state index contributed by atoms with van der Waals surface area (Å²) in [6, 6.07) is 11.4. The van der Waals surface area contributed by atoms with Crippen molar-refractivity contribution in [2.45, 2.75) is 20.5 Å². The highest BCUT2D eigenvalue weighted by Crippen LogP contribution is 2.30. The minimum Gasteiger partial charge on any atom is -0.496 e. The number of hydrogen-bond acceptors (Lipinski definition) is 6. The van der Waals surface area contributed by atoms with Gasteiger partial charge in [0.25, 0.3) is 5.69 Å². The summed E-state index contributed by atoms with van der Waals surface area (Å²) < 4.78 is 11.1. The van der Waals surface area contributed by atoms with Crippen LogP contribution in [-0.4, -0.2) is 17.8 Å². The van der Waals surface area contributed by atoms with Crippen LogP contribution in [0.4, 0.5) is 5.69 Å². The number of methoxy groups -OCH3 is 1. The molecule has 0 aliphatic heterocycles. The molecule has 6 nitrogen and oxygen atoms in total. The number of hydrogen-bond donors (Lipinski definition) is 0. The number of allylic oxidation sites excluding steroid dienone is 1. The van der Waals surface area contributed by atoms with Crippen molar-refractivity contribution in [1.82, 2.24) is 0 Å². The van der Waals surface area contributed by atoms with Gasteiger partial charge in [-0.1, -0.05) is 23.7 Å². The SMILES string of the molecule is COc1ccc(/C=C/C(=O)c2cc(C)sc2C)cc1COc1ccc([N+](=O)[O-])cc1Cl. The molecule has 0 unspecified atom stereocenters. The van der Waals surface area contributed by atoms with Crippen LogP contribution in [0.5, 0.6) is 11.5 Å². The zero-order valence-corrected chi connectivity index (χ0v) is 18.8. The summed E-state index contributed by atoms with van der Waals surface area (Å²) in [5, 5.41) is 11.0. The molecule has 0 saturated carbocycles. The fourth-order valence-corrected chi connectivity index (χ4v) is 4.19. The lowest BCUT2D eigenvalue weighted by Crippen LogP contribution is -2.00. The number of ether oxygens (including phenoxy) is 2. The summed E-state index contributed by atoms with van der Waals surface area (Å²) in [5.41, 5.74) is 2.16. The van der Waals surface area contributed by atoms with E-state index in [0.29, 0.717) is 17.1 Å². The van der Waals surface area contributed by atoms with Crippen LogP contribution in [0.1, 0.15) is 31.2 Å². The Kier molecular flexibility index (Phi) is 7.09. The van der Waals surface area contributed by atoms with Gasteiger partial charge in [0.1, 0.15) is 18.1 Å². The van der Waals surface area contributed by atoms with Gasteiger partial charge in [-0.25, -0.2) is 0 Å². The van der Waals surface area contributed by atoms with Gasteiger partial charge in [-0.05, 0) is 49.8 Å². The second-order valence-electron chi connectivity index (χ2n) is 6.76. The van der Waals surface area contributed by atoms with Crippen molar-refractivity contribution in [3.63, 3.8) is 0 Å². The van der Waals surface area contributed by atoms with Crippen LogP contribution in [-0.2, 0) is 6.61 Å². The molecule has 160 valence electrons. The Bertz CT molecular complexity index is 1170. The first kappa shape index (κ1) is 22.5. The van der Waals surface area contributed by atoms with Gasteiger partial charge >= 0.3 is 0 Å². The Morgan fingerprint density at radius 1 is 1.16 bits per heavy atom. The molecule has 0 amide bonds. The smallest absolute Gasteiger partial charge is 0.271 e. The molecule has 0 aliphatic carbocycles. The molecule has 31 heavy (non-hydrogen) atoms. The Hall–Kier alpha value is -3.16. The van der Waals surface area contributed by atoms with Crippen LogP contribution in [0, 0.1) is 24.0 Å². The molecular formula is C23H20ClNO5S. The maximum Gasteiger partial charge on any atom is 0.271 e. The van der Waals surface area contributed by atoms with Crippen molar-refractivity contribution in [3.8, 4) is 11.5 Å². The van der Waals surface area contributed by atoms with Crippen LogP contribution in [0.3, 0.4) is 0 Å². The minimum absolute atomic E-state index is 0.0480. The second-order valence-corrected chi connectivity index (χ2v) is 8.62. The molecule has 3 rings (SSSR count). The molecule has 3 aromatic rings. The van der Waals surface area contributed by atoms with Gasteiger partial charge in [0, 0.05) is 33.0 Å². The average Bonchev–Trinajstić information content (AvgIpc) is 3.09. The third-order valence-corrected chi connectivity index (χ3v) is 5.81. The normalized spacial score (nSPS) is 11.0. The van der Waals surface area contributed by atoms with Gasteiger partial charge < -0.3 is 9.47 Å². The molecule has 0 fully saturated rings. The van der Waals surface area contributed by atoms with E-state index < -0.39 is 4.92 Å². The lowest BCUT2D eigenvalue weighted by Gasteiger charge is -2.12. The fourth-order valence-electron chi connectivity index (χ4n) is 3.03. The first-order chi connectivity index (χ1) is 14.8. The van der Waals surface area contributed by atoms with E-state index in [1.807, 2.05) is 32.0 Å². The van der Waals surface area contributed by atoms with Gasteiger partial charge in [-0.2, -0.15) is 0 Å². The Balaban J connectivity index is 1.77. The quantitative estimate of drug-likeness (QED) is 0.169. The van der Waals surface area contributed by atoms with Crippen molar-refractivity contribution in [3.05, 3.63) is 90.1 Å². The second kappa shape index (κ2) is 9.76.